The summed E-state index contributed by atoms with van der Waals surface area (Å²) < 4.78 is 16.8. The molecule has 0 saturated heterocycles. The van der Waals surface area contributed by atoms with Crippen molar-refractivity contribution in [2.75, 3.05) is 13.2 Å². The molecule has 6 nitrogen and oxygen atoms in total. The number of unbranched alkanes of at least 4 members (excludes halogenated alkanes) is 37. The van der Waals surface area contributed by atoms with Gasteiger partial charge in [0.1, 0.15) is 13.2 Å². The average molecular weight is 1020 g/mol. The summed E-state index contributed by atoms with van der Waals surface area (Å²) in [6.45, 7) is 6.52. The Labute approximate surface area is 453 Å². The Morgan fingerprint density at radius 3 is 0.836 bits per heavy atom. The van der Waals surface area contributed by atoms with E-state index >= 15 is 0 Å². The molecule has 0 aliphatic carbocycles. The molecule has 0 aromatic heterocycles. The molecule has 6 heteroatoms. The monoisotopic (exact) mass is 1020 g/mol. The molecular weight excluding hydrogens is 901 g/mol. The molecule has 0 radical (unpaired) electrons. The summed E-state index contributed by atoms with van der Waals surface area (Å²) in [5, 5.41) is 0. The van der Waals surface area contributed by atoms with Gasteiger partial charge in [-0.1, -0.05) is 306 Å². The standard InChI is InChI=1S/C67H120O6/c1-4-7-10-13-16-19-21-23-25-27-29-30-31-32-33-34-35-36-38-39-41-43-45-48-51-54-57-60-66(69)72-63-64(62-71-65(68)59-56-53-50-47-18-15-12-9-6-3)73-67(70)61-58-55-52-49-46-44-42-40-37-28-26-24-22-20-17-14-11-8-5-2/h8,11,17,20,24,26,37,40,44,46,64H,4-7,9-10,12-16,18-19,21-23,25,27-36,38-39,41-43,45,47-63H2,1-3H3/b11-8-,20-17-,26-24-,40-37-,46-44-. The first kappa shape index (κ1) is 70.1. The molecule has 424 valence electrons. The number of ether oxygens (including phenoxy) is 3. The van der Waals surface area contributed by atoms with Crippen LogP contribution in [-0.4, -0.2) is 37.2 Å². The average Bonchev–Trinajstić information content (AvgIpc) is 3.39. The summed E-state index contributed by atoms with van der Waals surface area (Å²) in [5.74, 6) is -0.903. The van der Waals surface area contributed by atoms with E-state index in [2.05, 4.69) is 81.5 Å². The summed E-state index contributed by atoms with van der Waals surface area (Å²) in [5.41, 5.74) is 0. The van der Waals surface area contributed by atoms with Crippen LogP contribution in [-0.2, 0) is 28.6 Å². The van der Waals surface area contributed by atoms with E-state index < -0.39 is 6.10 Å². The molecule has 1 atom stereocenters. The van der Waals surface area contributed by atoms with Crippen molar-refractivity contribution in [3.63, 3.8) is 0 Å². The Kier molecular flexibility index (Phi) is 59.2. The Bertz CT molecular complexity index is 1310. The summed E-state index contributed by atoms with van der Waals surface area (Å²) >= 11 is 0. The lowest BCUT2D eigenvalue weighted by molar-refractivity contribution is -0.167. The smallest absolute Gasteiger partial charge is 0.306 e. The lowest BCUT2D eigenvalue weighted by atomic mass is 10.0. The zero-order valence-corrected chi connectivity index (χ0v) is 48.7. The first-order valence-electron chi connectivity index (χ1n) is 31.8. The molecule has 0 rings (SSSR count). The van der Waals surface area contributed by atoms with Crippen LogP contribution in [0.1, 0.15) is 329 Å². The van der Waals surface area contributed by atoms with Crippen LogP contribution in [0.4, 0.5) is 0 Å². The lowest BCUT2D eigenvalue weighted by Gasteiger charge is -2.18. The number of allylic oxidation sites excluding steroid dienone is 10. The van der Waals surface area contributed by atoms with Crippen LogP contribution < -0.4 is 0 Å². The predicted molar refractivity (Wildman–Crippen MR) is 316 cm³/mol. The molecule has 0 heterocycles. The molecule has 0 saturated carbocycles. The Morgan fingerprint density at radius 1 is 0.288 bits per heavy atom. The minimum absolute atomic E-state index is 0.0839. The number of esters is 3. The second-order valence-corrected chi connectivity index (χ2v) is 21.3. The second-order valence-electron chi connectivity index (χ2n) is 21.3. The molecule has 0 aliphatic heterocycles. The highest BCUT2D eigenvalue weighted by atomic mass is 16.6. The van der Waals surface area contributed by atoms with Crippen molar-refractivity contribution in [1.29, 1.82) is 0 Å². The minimum atomic E-state index is -0.788. The van der Waals surface area contributed by atoms with Crippen molar-refractivity contribution in [2.45, 2.75) is 335 Å². The molecule has 0 spiro atoms. The maximum atomic E-state index is 12.8. The highest BCUT2D eigenvalue weighted by molar-refractivity contribution is 5.71. The van der Waals surface area contributed by atoms with Gasteiger partial charge < -0.3 is 14.2 Å². The van der Waals surface area contributed by atoms with Gasteiger partial charge in [0, 0.05) is 19.3 Å². The van der Waals surface area contributed by atoms with Crippen molar-refractivity contribution in [3.8, 4) is 0 Å². The Morgan fingerprint density at radius 2 is 0.534 bits per heavy atom. The third-order valence-corrected chi connectivity index (χ3v) is 14.0. The summed E-state index contributed by atoms with van der Waals surface area (Å²) in [6, 6.07) is 0. The van der Waals surface area contributed by atoms with Crippen LogP contribution in [0.5, 0.6) is 0 Å². The highest BCUT2D eigenvalue weighted by Gasteiger charge is 2.19. The van der Waals surface area contributed by atoms with Gasteiger partial charge in [-0.2, -0.15) is 0 Å². The topological polar surface area (TPSA) is 78.9 Å². The van der Waals surface area contributed by atoms with Crippen molar-refractivity contribution in [1.82, 2.24) is 0 Å². The molecule has 0 fully saturated rings. The predicted octanol–water partition coefficient (Wildman–Crippen LogP) is 21.6. The molecule has 0 bridgehead atoms. The van der Waals surface area contributed by atoms with Crippen molar-refractivity contribution in [3.05, 3.63) is 60.8 Å². The van der Waals surface area contributed by atoms with Crippen molar-refractivity contribution in [2.24, 2.45) is 0 Å². The van der Waals surface area contributed by atoms with E-state index in [-0.39, 0.29) is 31.1 Å². The Balaban J connectivity index is 4.18. The van der Waals surface area contributed by atoms with Crippen molar-refractivity contribution < 1.29 is 28.6 Å². The first-order chi connectivity index (χ1) is 36.0. The quantitative estimate of drug-likeness (QED) is 0.0261. The van der Waals surface area contributed by atoms with Crippen LogP contribution in [0.3, 0.4) is 0 Å². The first-order valence-corrected chi connectivity index (χ1v) is 31.8. The summed E-state index contributed by atoms with van der Waals surface area (Å²) in [6.07, 6.45) is 78.2. The highest BCUT2D eigenvalue weighted by Crippen LogP contribution is 2.18. The zero-order valence-electron chi connectivity index (χ0n) is 48.7. The van der Waals surface area contributed by atoms with Gasteiger partial charge in [-0.15, -0.1) is 0 Å². The fraction of sp³-hybridized carbons (Fsp3) is 0.806. The third-order valence-electron chi connectivity index (χ3n) is 14.0. The van der Waals surface area contributed by atoms with E-state index in [1.807, 2.05) is 0 Å². The molecule has 0 aromatic rings. The lowest BCUT2D eigenvalue weighted by Crippen LogP contribution is -2.30. The molecule has 0 N–H and O–H groups in total. The second kappa shape index (κ2) is 61.7. The number of hydrogen-bond acceptors (Lipinski definition) is 6. The van der Waals surface area contributed by atoms with E-state index in [1.54, 1.807) is 0 Å². The van der Waals surface area contributed by atoms with Gasteiger partial charge in [-0.25, -0.2) is 0 Å². The van der Waals surface area contributed by atoms with Crippen LogP contribution in [0, 0.1) is 0 Å². The number of rotatable bonds is 58. The number of carbonyl (C=O) groups is 3. The van der Waals surface area contributed by atoms with Crippen LogP contribution in [0.15, 0.2) is 60.8 Å². The SMILES string of the molecule is CC/C=C\C/C=C\C/C=C\C/C=C\C/C=C\CCCCCC(=O)OC(COC(=O)CCCCCCCCCCC)COC(=O)CCCCCCCCCCCCCCCCCCCCCCCCCCCCC. The third kappa shape index (κ3) is 59.9. The fourth-order valence-electron chi connectivity index (χ4n) is 9.30. The van der Waals surface area contributed by atoms with Crippen LogP contribution >= 0.6 is 0 Å². The molecule has 0 amide bonds. The summed E-state index contributed by atoms with van der Waals surface area (Å²) in [7, 11) is 0. The minimum Gasteiger partial charge on any atom is -0.462 e. The maximum Gasteiger partial charge on any atom is 0.306 e. The fourth-order valence-corrected chi connectivity index (χ4v) is 9.30. The molecule has 73 heavy (non-hydrogen) atoms. The van der Waals surface area contributed by atoms with E-state index in [4.69, 9.17) is 14.2 Å². The van der Waals surface area contributed by atoms with Gasteiger partial charge in [-0.05, 0) is 64.2 Å². The molecule has 0 aromatic carbocycles. The van der Waals surface area contributed by atoms with E-state index in [9.17, 15) is 14.4 Å². The van der Waals surface area contributed by atoms with E-state index in [1.165, 1.54) is 193 Å². The van der Waals surface area contributed by atoms with Gasteiger partial charge >= 0.3 is 17.9 Å². The van der Waals surface area contributed by atoms with Gasteiger partial charge in [0.15, 0.2) is 6.10 Å². The van der Waals surface area contributed by atoms with E-state index in [0.717, 1.165) is 96.3 Å². The molecular formula is C67H120O6. The van der Waals surface area contributed by atoms with Crippen LogP contribution in [0.25, 0.3) is 0 Å². The maximum absolute atomic E-state index is 12.8. The molecule has 1 unspecified atom stereocenters. The molecule has 0 aliphatic rings. The number of carbonyl (C=O) groups excluding carboxylic acids is 3. The largest absolute Gasteiger partial charge is 0.462 e. The normalized spacial score (nSPS) is 12.4. The van der Waals surface area contributed by atoms with Gasteiger partial charge in [0.2, 0.25) is 0 Å². The van der Waals surface area contributed by atoms with Gasteiger partial charge in [0.25, 0.3) is 0 Å². The Hall–Kier alpha value is -2.89. The van der Waals surface area contributed by atoms with Gasteiger partial charge in [-0.3, -0.25) is 14.4 Å². The zero-order chi connectivity index (χ0) is 52.9. The van der Waals surface area contributed by atoms with Gasteiger partial charge in [0.05, 0.1) is 0 Å². The number of hydrogen-bond donors (Lipinski definition) is 0. The van der Waals surface area contributed by atoms with Crippen LogP contribution in [0.2, 0.25) is 0 Å². The van der Waals surface area contributed by atoms with E-state index in [0.29, 0.717) is 19.3 Å². The van der Waals surface area contributed by atoms with Crippen molar-refractivity contribution >= 4 is 17.9 Å². The summed E-state index contributed by atoms with van der Waals surface area (Å²) in [4.78, 5) is 38.1.